The van der Waals surface area contributed by atoms with Crippen LogP contribution in [0.5, 0.6) is 5.75 Å². The van der Waals surface area contributed by atoms with Gasteiger partial charge in [0.05, 0.1) is 23.3 Å². The molecule has 0 unspecified atom stereocenters. The van der Waals surface area contributed by atoms with Crippen LogP contribution in [0.1, 0.15) is 23.5 Å². The van der Waals surface area contributed by atoms with Crippen molar-refractivity contribution >= 4 is 22.6 Å². The number of fused-ring (bicyclic) bond motifs is 1. The Labute approximate surface area is 134 Å². The highest BCUT2D eigenvalue weighted by Crippen LogP contribution is 2.20. The maximum Gasteiger partial charge on any atom is 0.232 e. The first kappa shape index (κ1) is 15.1. The largest absolute Gasteiger partial charge is 0.491 e. The number of carbonyl (C=O) groups excluding carboxylic acids is 1. The minimum Gasteiger partial charge on any atom is -0.491 e. The zero-order valence-corrected chi connectivity index (χ0v) is 13.0. The number of nitrogen functional groups attached to an aromatic ring is 1. The number of hydrogen-bond donors (Lipinski definition) is 1. The first-order valence-corrected chi connectivity index (χ1v) is 7.61. The third-order valence-corrected chi connectivity index (χ3v) is 3.69. The van der Waals surface area contributed by atoms with Gasteiger partial charge in [-0.3, -0.25) is 9.36 Å². The van der Waals surface area contributed by atoms with Gasteiger partial charge in [-0.2, -0.15) is 0 Å². The predicted octanol–water partition coefficient (Wildman–Crippen LogP) is 3.43. The lowest BCUT2D eigenvalue weighted by Gasteiger charge is -2.09. The lowest BCUT2D eigenvalue weighted by Crippen LogP contribution is -2.13. The third-order valence-electron chi connectivity index (χ3n) is 3.69. The molecule has 3 rings (SSSR count). The van der Waals surface area contributed by atoms with E-state index in [1.54, 1.807) is 10.6 Å². The number of imidazole rings is 1. The molecule has 118 valence electrons. The average molecular weight is 309 g/mol. The Morgan fingerprint density at radius 2 is 1.91 bits per heavy atom. The van der Waals surface area contributed by atoms with Crippen LogP contribution in [0, 0.1) is 6.92 Å². The van der Waals surface area contributed by atoms with E-state index in [0.29, 0.717) is 36.7 Å². The molecular formula is C18H19N3O2. The van der Waals surface area contributed by atoms with Gasteiger partial charge in [-0.25, -0.2) is 4.98 Å². The summed E-state index contributed by atoms with van der Waals surface area (Å²) in [5, 5.41) is 0. The molecule has 5 nitrogen and oxygen atoms in total. The fourth-order valence-electron chi connectivity index (χ4n) is 2.59. The van der Waals surface area contributed by atoms with Crippen molar-refractivity contribution in [3.05, 3.63) is 54.4 Å². The van der Waals surface area contributed by atoms with Crippen LogP contribution >= 0.6 is 0 Å². The molecule has 1 heterocycles. The lowest BCUT2D eigenvalue weighted by molar-refractivity contribution is 0.0895. The predicted molar refractivity (Wildman–Crippen MR) is 90.7 cm³/mol. The van der Waals surface area contributed by atoms with Gasteiger partial charge in [0, 0.05) is 6.42 Å². The first-order valence-electron chi connectivity index (χ1n) is 7.61. The number of benzene rings is 2. The van der Waals surface area contributed by atoms with Crippen LogP contribution in [0.4, 0.5) is 5.69 Å². The van der Waals surface area contributed by atoms with E-state index in [2.05, 4.69) is 4.98 Å². The molecule has 3 aromatic rings. The van der Waals surface area contributed by atoms with Crippen LogP contribution in [0.15, 0.2) is 48.5 Å². The highest BCUT2D eigenvalue weighted by molar-refractivity contribution is 5.91. The van der Waals surface area contributed by atoms with E-state index in [0.717, 1.165) is 11.0 Å². The number of nitrogens with zero attached hydrogens (tertiary/aromatic N) is 2. The SMILES string of the molecule is Cc1nc2ccccc2n1C(=O)CCCOc1ccccc1N. The summed E-state index contributed by atoms with van der Waals surface area (Å²) in [6, 6.07) is 15.0. The number of aromatic nitrogens is 2. The van der Waals surface area contributed by atoms with Crippen molar-refractivity contribution in [1.82, 2.24) is 9.55 Å². The molecule has 5 heteroatoms. The van der Waals surface area contributed by atoms with Crippen molar-refractivity contribution in [2.24, 2.45) is 0 Å². The lowest BCUT2D eigenvalue weighted by atomic mass is 10.2. The number of para-hydroxylation sites is 4. The highest BCUT2D eigenvalue weighted by atomic mass is 16.5. The number of ether oxygens (including phenoxy) is 1. The second-order valence-electron chi connectivity index (χ2n) is 5.37. The van der Waals surface area contributed by atoms with Crippen LogP contribution in [-0.4, -0.2) is 22.1 Å². The van der Waals surface area contributed by atoms with E-state index in [1.807, 2.05) is 49.4 Å². The normalized spacial score (nSPS) is 10.8. The number of nitrogens with two attached hydrogens (primary N) is 1. The summed E-state index contributed by atoms with van der Waals surface area (Å²) >= 11 is 0. The van der Waals surface area contributed by atoms with Crippen LogP contribution < -0.4 is 10.5 Å². The number of anilines is 1. The van der Waals surface area contributed by atoms with E-state index >= 15 is 0 Å². The van der Waals surface area contributed by atoms with E-state index < -0.39 is 0 Å². The van der Waals surface area contributed by atoms with Crippen molar-refractivity contribution < 1.29 is 9.53 Å². The smallest absolute Gasteiger partial charge is 0.232 e. The van der Waals surface area contributed by atoms with Gasteiger partial charge in [0.25, 0.3) is 0 Å². The molecule has 0 aliphatic carbocycles. The van der Waals surface area contributed by atoms with Crippen LogP contribution in [0.2, 0.25) is 0 Å². The molecule has 0 saturated heterocycles. The highest BCUT2D eigenvalue weighted by Gasteiger charge is 2.13. The number of carbonyl (C=O) groups is 1. The van der Waals surface area contributed by atoms with Gasteiger partial charge in [0.15, 0.2) is 0 Å². The van der Waals surface area contributed by atoms with Crippen LogP contribution in [0.25, 0.3) is 11.0 Å². The Morgan fingerprint density at radius 3 is 2.74 bits per heavy atom. The Balaban J connectivity index is 1.61. The second kappa shape index (κ2) is 6.52. The molecule has 0 aliphatic heterocycles. The number of hydrogen-bond acceptors (Lipinski definition) is 4. The zero-order valence-electron chi connectivity index (χ0n) is 13.0. The van der Waals surface area contributed by atoms with Crippen molar-refractivity contribution in [1.29, 1.82) is 0 Å². The molecule has 0 saturated carbocycles. The molecule has 23 heavy (non-hydrogen) atoms. The Kier molecular flexibility index (Phi) is 4.28. The minimum absolute atomic E-state index is 0.0285. The van der Waals surface area contributed by atoms with Crippen molar-refractivity contribution in [3.63, 3.8) is 0 Å². The fourth-order valence-corrected chi connectivity index (χ4v) is 2.59. The van der Waals surface area contributed by atoms with E-state index in [-0.39, 0.29) is 5.91 Å². The molecule has 0 amide bonds. The Hall–Kier alpha value is -2.82. The maximum atomic E-state index is 12.5. The Morgan fingerprint density at radius 1 is 1.17 bits per heavy atom. The minimum atomic E-state index is 0.0285. The Bertz CT molecular complexity index is 839. The molecule has 0 spiro atoms. The second-order valence-corrected chi connectivity index (χ2v) is 5.37. The van der Waals surface area contributed by atoms with Gasteiger partial charge in [-0.1, -0.05) is 24.3 Å². The fraction of sp³-hybridized carbons (Fsp3) is 0.222. The number of rotatable bonds is 5. The maximum absolute atomic E-state index is 12.5. The number of aryl methyl sites for hydroxylation is 1. The van der Waals surface area contributed by atoms with Gasteiger partial charge in [0.2, 0.25) is 5.91 Å². The van der Waals surface area contributed by atoms with Crippen molar-refractivity contribution in [2.45, 2.75) is 19.8 Å². The quantitative estimate of drug-likeness (QED) is 0.579. The van der Waals surface area contributed by atoms with Crippen molar-refractivity contribution in [2.75, 3.05) is 12.3 Å². The topological polar surface area (TPSA) is 70.1 Å². The summed E-state index contributed by atoms with van der Waals surface area (Å²) in [6.45, 7) is 2.30. The summed E-state index contributed by atoms with van der Waals surface area (Å²) in [4.78, 5) is 16.9. The molecule has 1 aromatic heterocycles. The summed E-state index contributed by atoms with van der Waals surface area (Å²) in [6.07, 6.45) is 1.02. The van der Waals surface area contributed by atoms with Gasteiger partial charge in [-0.15, -0.1) is 0 Å². The molecule has 0 atom stereocenters. The van der Waals surface area contributed by atoms with Gasteiger partial charge in [0.1, 0.15) is 11.6 Å². The van der Waals surface area contributed by atoms with Gasteiger partial charge >= 0.3 is 0 Å². The van der Waals surface area contributed by atoms with E-state index in [4.69, 9.17) is 10.5 Å². The summed E-state index contributed by atoms with van der Waals surface area (Å²) in [7, 11) is 0. The standard InChI is InChI=1S/C18H19N3O2/c1-13-20-15-8-3-4-9-16(15)21(13)18(22)11-6-12-23-17-10-5-2-7-14(17)19/h2-5,7-10H,6,11-12,19H2,1H3. The van der Waals surface area contributed by atoms with Gasteiger partial charge in [-0.05, 0) is 37.6 Å². The van der Waals surface area contributed by atoms with Crippen molar-refractivity contribution in [3.8, 4) is 5.75 Å². The molecule has 0 radical (unpaired) electrons. The third kappa shape index (κ3) is 3.18. The molecule has 2 aromatic carbocycles. The zero-order chi connectivity index (χ0) is 16.2. The first-order chi connectivity index (χ1) is 11.2. The molecule has 0 fully saturated rings. The molecule has 2 N–H and O–H groups in total. The molecule has 0 aliphatic rings. The van der Waals surface area contributed by atoms with Crippen LogP contribution in [-0.2, 0) is 0 Å². The molecular weight excluding hydrogens is 290 g/mol. The average Bonchev–Trinajstić information content (AvgIpc) is 2.88. The van der Waals surface area contributed by atoms with Crippen LogP contribution in [0.3, 0.4) is 0 Å². The summed E-state index contributed by atoms with van der Waals surface area (Å²) < 4.78 is 7.29. The summed E-state index contributed by atoms with van der Waals surface area (Å²) in [5.41, 5.74) is 8.11. The van der Waals surface area contributed by atoms with E-state index in [1.165, 1.54) is 0 Å². The van der Waals surface area contributed by atoms with Gasteiger partial charge < -0.3 is 10.5 Å². The monoisotopic (exact) mass is 309 g/mol. The van der Waals surface area contributed by atoms with E-state index in [9.17, 15) is 4.79 Å². The summed E-state index contributed by atoms with van der Waals surface area (Å²) in [5.74, 6) is 1.40. The molecule has 0 bridgehead atoms.